The molecule has 0 atom stereocenters. The van der Waals surface area contributed by atoms with Gasteiger partial charge < -0.3 is 4.90 Å². The van der Waals surface area contributed by atoms with E-state index in [1.807, 2.05) is 36.9 Å². The van der Waals surface area contributed by atoms with E-state index in [9.17, 15) is 18.4 Å². The van der Waals surface area contributed by atoms with Crippen molar-refractivity contribution in [3.8, 4) is 0 Å². The van der Waals surface area contributed by atoms with Gasteiger partial charge in [-0.15, -0.1) is 0 Å². The molecule has 1 amide bonds. The van der Waals surface area contributed by atoms with Crippen molar-refractivity contribution < 1.29 is 18.4 Å². The second-order valence-corrected chi connectivity index (χ2v) is 6.92. The van der Waals surface area contributed by atoms with E-state index >= 15 is 0 Å². The van der Waals surface area contributed by atoms with Crippen LogP contribution in [0.2, 0.25) is 0 Å². The molecule has 0 radical (unpaired) electrons. The number of halogens is 2. The Morgan fingerprint density at radius 3 is 2.15 bits per heavy atom. The van der Waals surface area contributed by atoms with Crippen molar-refractivity contribution in [2.75, 3.05) is 32.7 Å². The van der Waals surface area contributed by atoms with Crippen molar-refractivity contribution in [3.05, 3.63) is 70.3 Å². The SMILES string of the molecule is Cc1ccc(C(=O)CN2CCN(C(=O)c3ccc(F)c(F)c3)CC2)cc1C. The van der Waals surface area contributed by atoms with E-state index in [1.165, 1.54) is 6.07 Å². The van der Waals surface area contributed by atoms with E-state index < -0.39 is 11.6 Å². The van der Waals surface area contributed by atoms with Crippen LogP contribution in [0.3, 0.4) is 0 Å². The van der Waals surface area contributed by atoms with E-state index in [1.54, 1.807) is 4.90 Å². The Labute approximate surface area is 157 Å². The van der Waals surface area contributed by atoms with Gasteiger partial charge in [-0.05, 0) is 49.2 Å². The van der Waals surface area contributed by atoms with Gasteiger partial charge in [-0.1, -0.05) is 12.1 Å². The summed E-state index contributed by atoms with van der Waals surface area (Å²) in [5, 5.41) is 0. The van der Waals surface area contributed by atoms with Crippen molar-refractivity contribution in [1.82, 2.24) is 9.80 Å². The van der Waals surface area contributed by atoms with Crippen LogP contribution in [0.15, 0.2) is 36.4 Å². The molecule has 1 fully saturated rings. The van der Waals surface area contributed by atoms with Crippen LogP contribution in [-0.2, 0) is 0 Å². The molecule has 0 saturated carbocycles. The fourth-order valence-corrected chi connectivity index (χ4v) is 3.13. The Hall–Kier alpha value is -2.60. The zero-order valence-corrected chi connectivity index (χ0v) is 15.5. The van der Waals surface area contributed by atoms with Crippen LogP contribution < -0.4 is 0 Å². The lowest BCUT2D eigenvalue weighted by Crippen LogP contribution is -2.49. The summed E-state index contributed by atoms with van der Waals surface area (Å²) in [5.41, 5.74) is 3.06. The number of hydrogen-bond acceptors (Lipinski definition) is 3. The van der Waals surface area contributed by atoms with Gasteiger partial charge >= 0.3 is 0 Å². The van der Waals surface area contributed by atoms with Crippen molar-refractivity contribution in [2.24, 2.45) is 0 Å². The first-order valence-corrected chi connectivity index (χ1v) is 8.92. The van der Waals surface area contributed by atoms with Crippen molar-refractivity contribution in [2.45, 2.75) is 13.8 Å². The Morgan fingerprint density at radius 2 is 1.52 bits per heavy atom. The maximum Gasteiger partial charge on any atom is 0.254 e. The molecule has 2 aromatic rings. The summed E-state index contributed by atoms with van der Waals surface area (Å²) >= 11 is 0. The highest BCUT2D eigenvalue weighted by Gasteiger charge is 2.24. The zero-order chi connectivity index (χ0) is 19.6. The third-order valence-electron chi connectivity index (χ3n) is 5.02. The molecule has 0 aromatic heterocycles. The standard InChI is InChI=1S/C21H22F2N2O2/c1-14-3-4-16(11-15(14)2)20(26)13-24-7-9-25(10-8-24)21(27)17-5-6-18(22)19(23)12-17/h3-6,11-12H,7-10,13H2,1-2H3. The van der Waals surface area contributed by atoms with Crippen LogP contribution in [0.1, 0.15) is 31.8 Å². The average molecular weight is 372 g/mol. The molecule has 6 heteroatoms. The molecule has 27 heavy (non-hydrogen) atoms. The molecular formula is C21H22F2N2O2. The van der Waals surface area contributed by atoms with Gasteiger partial charge in [0, 0.05) is 37.3 Å². The monoisotopic (exact) mass is 372 g/mol. The van der Waals surface area contributed by atoms with Gasteiger partial charge in [-0.2, -0.15) is 0 Å². The minimum atomic E-state index is -1.03. The molecule has 3 rings (SSSR count). The number of Topliss-reactive ketones (excluding diaryl/α,β-unsaturated/α-hetero) is 1. The smallest absolute Gasteiger partial charge is 0.254 e. The van der Waals surface area contributed by atoms with E-state index in [4.69, 9.17) is 0 Å². The minimum Gasteiger partial charge on any atom is -0.336 e. The highest BCUT2D eigenvalue weighted by molar-refractivity contribution is 5.98. The number of benzene rings is 2. The number of amides is 1. The van der Waals surface area contributed by atoms with Crippen LogP contribution in [0, 0.1) is 25.5 Å². The number of hydrogen-bond donors (Lipinski definition) is 0. The van der Waals surface area contributed by atoms with Crippen molar-refractivity contribution in [1.29, 1.82) is 0 Å². The molecule has 2 aromatic carbocycles. The van der Waals surface area contributed by atoms with E-state index in [2.05, 4.69) is 0 Å². The second-order valence-electron chi connectivity index (χ2n) is 6.92. The van der Waals surface area contributed by atoms with Crippen LogP contribution in [0.25, 0.3) is 0 Å². The quantitative estimate of drug-likeness (QED) is 0.774. The first kappa shape index (κ1) is 19.2. The minimum absolute atomic E-state index is 0.0542. The first-order chi connectivity index (χ1) is 12.8. The van der Waals surface area contributed by atoms with E-state index in [0.717, 1.165) is 23.3 Å². The lowest BCUT2D eigenvalue weighted by Gasteiger charge is -2.34. The predicted octanol–water partition coefficient (Wildman–Crippen LogP) is 3.22. The maximum atomic E-state index is 13.3. The van der Waals surface area contributed by atoms with Gasteiger partial charge in [-0.25, -0.2) is 8.78 Å². The fourth-order valence-electron chi connectivity index (χ4n) is 3.13. The number of piperazine rings is 1. The molecule has 1 saturated heterocycles. The molecule has 142 valence electrons. The molecule has 4 nitrogen and oxygen atoms in total. The van der Waals surface area contributed by atoms with Crippen LogP contribution in [0.5, 0.6) is 0 Å². The van der Waals surface area contributed by atoms with Gasteiger partial charge in [0.2, 0.25) is 0 Å². The molecule has 0 spiro atoms. The fraction of sp³-hybridized carbons (Fsp3) is 0.333. The Morgan fingerprint density at radius 1 is 0.852 bits per heavy atom. The number of nitrogens with zero attached hydrogens (tertiary/aromatic N) is 2. The Bertz CT molecular complexity index is 874. The highest BCUT2D eigenvalue weighted by atomic mass is 19.2. The van der Waals surface area contributed by atoms with Gasteiger partial charge in [-0.3, -0.25) is 14.5 Å². The number of rotatable bonds is 4. The molecule has 0 aliphatic carbocycles. The Kier molecular flexibility index (Phi) is 5.65. The zero-order valence-electron chi connectivity index (χ0n) is 15.5. The van der Waals surface area contributed by atoms with Gasteiger partial charge in [0.1, 0.15) is 0 Å². The number of aryl methyl sites for hydroxylation is 2. The van der Waals surface area contributed by atoms with Crippen molar-refractivity contribution in [3.63, 3.8) is 0 Å². The largest absolute Gasteiger partial charge is 0.336 e. The molecule has 1 aliphatic rings. The highest BCUT2D eigenvalue weighted by Crippen LogP contribution is 2.14. The summed E-state index contributed by atoms with van der Waals surface area (Å²) in [6.07, 6.45) is 0. The topological polar surface area (TPSA) is 40.6 Å². The first-order valence-electron chi connectivity index (χ1n) is 8.92. The average Bonchev–Trinajstić information content (AvgIpc) is 2.66. The summed E-state index contributed by atoms with van der Waals surface area (Å²) in [5.74, 6) is -2.27. The van der Waals surface area contributed by atoms with E-state index in [-0.39, 0.29) is 17.3 Å². The normalized spacial score (nSPS) is 15.0. The van der Waals surface area contributed by atoms with Gasteiger partial charge in [0.15, 0.2) is 17.4 Å². The summed E-state index contributed by atoms with van der Waals surface area (Å²) in [4.78, 5) is 28.5. The molecule has 1 aliphatic heterocycles. The number of carbonyl (C=O) groups excluding carboxylic acids is 2. The lowest BCUT2D eigenvalue weighted by molar-refractivity contribution is 0.0624. The summed E-state index contributed by atoms with van der Waals surface area (Å²) < 4.78 is 26.4. The van der Waals surface area contributed by atoms with Crippen LogP contribution in [0.4, 0.5) is 8.78 Å². The molecule has 0 bridgehead atoms. The molecule has 0 unspecified atom stereocenters. The number of ketones is 1. The lowest BCUT2D eigenvalue weighted by atomic mass is 10.0. The number of carbonyl (C=O) groups is 2. The van der Waals surface area contributed by atoms with Gasteiger partial charge in [0.25, 0.3) is 5.91 Å². The van der Waals surface area contributed by atoms with Gasteiger partial charge in [0.05, 0.1) is 6.54 Å². The Balaban J connectivity index is 1.56. The molecule has 0 N–H and O–H groups in total. The predicted molar refractivity (Wildman–Crippen MR) is 98.9 cm³/mol. The summed E-state index contributed by atoms with van der Waals surface area (Å²) in [6.45, 7) is 6.30. The van der Waals surface area contributed by atoms with Crippen LogP contribution in [-0.4, -0.2) is 54.2 Å². The van der Waals surface area contributed by atoms with Crippen LogP contribution >= 0.6 is 0 Å². The van der Waals surface area contributed by atoms with E-state index in [0.29, 0.717) is 38.3 Å². The molecule has 1 heterocycles. The maximum absolute atomic E-state index is 13.3. The molecular weight excluding hydrogens is 350 g/mol. The summed E-state index contributed by atoms with van der Waals surface area (Å²) in [7, 11) is 0. The second kappa shape index (κ2) is 7.96. The summed E-state index contributed by atoms with van der Waals surface area (Å²) in [6, 6.07) is 8.86. The third kappa shape index (κ3) is 4.39. The third-order valence-corrected chi connectivity index (χ3v) is 5.02. The van der Waals surface area contributed by atoms with Crippen molar-refractivity contribution >= 4 is 11.7 Å².